The van der Waals surface area contributed by atoms with Crippen molar-refractivity contribution in [1.82, 2.24) is 10.2 Å². The van der Waals surface area contributed by atoms with E-state index in [0.29, 0.717) is 18.8 Å². The van der Waals surface area contributed by atoms with Gasteiger partial charge >= 0.3 is 5.97 Å². The molecule has 1 N–H and O–H groups in total. The minimum atomic E-state index is -0.776. The number of carbonyl (C=O) groups is 1. The van der Waals surface area contributed by atoms with E-state index in [1.165, 1.54) is 0 Å². The lowest BCUT2D eigenvalue weighted by molar-refractivity contribution is -0.138. The van der Waals surface area contributed by atoms with Gasteiger partial charge in [-0.05, 0) is 0 Å². The number of rotatable bonds is 3. The SMILES string of the molecule is O=C(O)CC1CN(c2cc(Cl)nnc2Cl)C1. The van der Waals surface area contributed by atoms with Crippen LogP contribution in [-0.4, -0.2) is 34.4 Å². The largest absolute Gasteiger partial charge is 0.481 e. The molecule has 0 unspecified atom stereocenters. The number of hydrogen-bond donors (Lipinski definition) is 1. The third kappa shape index (κ3) is 2.36. The van der Waals surface area contributed by atoms with Crippen molar-refractivity contribution in [1.29, 1.82) is 0 Å². The topological polar surface area (TPSA) is 66.3 Å². The van der Waals surface area contributed by atoms with Gasteiger partial charge in [-0.1, -0.05) is 23.2 Å². The summed E-state index contributed by atoms with van der Waals surface area (Å²) >= 11 is 11.6. The molecule has 7 heteroatoms. The molecule has 5 nitrogen and oxygen atoms in total. The van der Waals surface area contributed by atoms with Gasteiger partial charge in [-0.3, -0.25) is 4.79 Å². The van der Waals surface area contributed by atoms with Crippen LogP contribution in [0, 0.1) is 5.92 Å². The van der Waals surface area contributed by atoms with E-state index in [4.69, 9.17) is 28.3 Å². The van der Waals surface area contributed by atoms with Crippen LogP contribution < -0.4 is 4.90 Å². The Morgan fingerprint density at radius 3 is 2.81 bits per heavy atom. The number of carboxylic acids is 1. The van der Waals surface area contributed by atoms with Gasteiger partial charge in [0, 0.05) is 25.1 Å². The molecule has 1 aromatic heterocycles. The maximum absolute atomic E-state index is 10.5. The van der Waals surface area contributed by atoms with E-state index in [0.717, 1.165) is 0 Å². The van der Waals surface area contributed by atoms with E-state index in [2.05, 4.69) is 10.2 Å². The van der Waals surface area contributed by atoms with Gasteiger partial charge in [0.05, 0.1) is 12.1 Å². The first-order chi connectivity index (χ1) is 7.56. The lowest BCUT2D eigenvalue weighted by Gasteiger charge is -2.40. The van der Waals surface area contributed by atoms with E-state index in [9.17, 15) is 4.79 Å². The molecular weight excluding hydrogens is 253 g/mol. The Morgan fingerprint density at radius 2 is 2.19 bits per heavy atom. The van der Waals surface area contributed by atoms with Crippen molar-refractivity contribution in [2.45, 2.75) is 6.42 Å². The highest BCUT2D eigenvalue weighted by molar-refractivity contribution is 6.33. The standard InChI is InChI=1S/C9H9Cl2N3O2/c10-7-2-6(9(11)13-12-7)14-3-5(4-14)1-8(15)16/h2,5H,1,3-4H2,(H,15,16). The molecule has 0 radical (unpaired) electrons. The van der Waals surface area contributed by atoms with Gasteiger partial charge < -0.3 is 10.0 Å². The fourth-order valence-electron chi connectivity index (χ4n) is 1.71. The van der Waals surface area contributed by atoms with Crippen LogP contribution in [0.25, 0.3) is 0 Å². The minimum Gasteiger partial charge on any atom is -0.481 e. The van der Waals surface area contributed by atoms with Crippen molar-refractivity contribution in [3.63, 3.8) is 0 Å². The molecule has 0 atom stereocenters. The highest BCUT2D eigenvalue weighted by atomic mass is 35.5. The normalized spacial score (nSPS) is 16.0. The van der Waals surface area contributed by atoms with Gasteiger partial charge in [0.2, 0.25) is 0 Å². The Bertz CT molecular complexity index is 421. The summed E-state index contributed by atoms with van der Waals surface area (Å²) in [4.78, 5) is 12.4. The predicted molar refractivity (Wildman–Crippen MR) is 60.0 cm³/mol. The summed E-state index contributed by atoms with van der Waals surface area (Å²) in [6, 6.07) is 1.63. The Labute approximate surface area is 102 Å². The second-order valence-corrected chi connectivity index (χ2v) is 4.46. The maximum Gasteiger partial charge on any atom is 0.303 e. The van der Waals surface area contributed by atoms with Crippen molar-refractivity contribution in [2.75, 3.05) is 18.0 Å². The highest BCUT2D eigenvalue weighted by Crippen LogP contribution is 2.32. The maximum atomic E-state index is 10.5. The molecule has 0 saturated carbocycles. The Kier molecular flexibility index (Phi) is 3.16. The molecule has 1 fully saturated rings. The van der Waals surface area contributed by atoms with Crippen molar-refractivity contribution < 1.29 is 9.90 Å². The zero-order chi connectivity index (χ0) is 11.7. The predicted octanol–water partition coefficient (Wildman–Crippen LogP) is 1.69. The summed E-state index contributed by atoms with van der Waals surface area (Å²) in [7, 11) is 0. The van der Waals surface area contributed by atoms with Gasteiger partial charge in [0.15, 0.2) is 10.3 Å². The fourth-order valence-corrected chi connectivity index (χ4v) is 2.06. The quantitative estimate of drug-likeness (QED) is 0.897. The van der Waals surface area contributed by atoms with Crippen LogP contribution in [-0.2, 0) is 4.79 Å². The van der Waals surface area contributed by atoms with Crippen molar-refractivity contribution in [3.8, 4) is 0 Å². The molecule has 0 bridgehead atoms. The third-order valence-corrected chi connectivity index (χ3v) is 2.92. The lowest BCUT2D eigenvalue weighted by Crippen LogP contribution is -2.47. The summed E-state index contributed by atoms with van der Waals surface area (Å²) in [5.74, 6) is -0.609. The molecule has 86 valence electrons. The zero-order valence-electron chi connectivity index (χ0n) is 8.23. The van der Waals surface area contributed by atoms with Crippen LogP contribution >= 0.6 is 23.2 Å². The van der Waals surface area contributed by atoms with E-state index in [1.807, 2.05) is 4.90 Å². The number of nitrogens with zero attached hydrogens (tertiary/aromatic N) is 3. The molecular formula is C9H9Cl2N3O2. The molecule has 0 spiro atoms. The van der Waals surface area contributed by atoms with Crippen LogP contribution in [0.3, 0.4) is 0 Å². The first-order valence-electron chi connectivity index (χ1n) is 4.71. The van der Waals surface area contributed by atoms with Crippen molar-refractivity contribution in [2.24, 2.45) is 5.92 Å². The average Bonchev–Trinajstić information content (AvgIpc) is 2.15. The molecule has 2 heterocycles. The van der Waals surface area contributed by atoms with Crippen molar-refractivity contribution >= 4 is 34.9 Å². The first-order valence-corrected chi connectivity index (χ1v) is 5.47. The monoisotopic (exact) mass is 261 g/mol. The van der Waals surface area contributed by atoms with Crippen LogP contribution in [0.5, 0.6) is 0 Å². The number of anilines is 1. The Hall–Kier alpha value is -1.07. The fraction of sp³-hybridized carbons (Fsp3) is 0.444. The van der Waals surface area contributed by atoms with E-state index < -0.39 is 5.97 Å². The van der Waals surface area contributed by atoms with Gasteiger partial charge in [0.1, 0.15) is 0 Å². The molecule has 16 heavy (non-hydrogen) atoms. The Morgan fingerprint density at radius 1 is 1.50 bits per heavy atom. The molecule has 0 aromatic carbocycles. The summed E-state index contributed by atoms with van der Waals surface area (Å²) in [6.45, 7) is 1.32. The van der Waals surface area contributed by atoms with Crippen LogP contribution in [0.1, 0.15) is 6.42 Å². The number of aliphatic carboxylic acids is 1. The first kappa shape index (κ1) is 11.4. The second-order valence-electron chi connectivity index (χ2n) is 3.71. The second kappa shape index (κ2) is 4.43. The lowest BCUT2D eigenvalue weighted by atomic mass is 9.96. The zero-order valence-corrected chi connectivity index (χ0v) is 9.74. The number of carboxylic acid groups (broad SMARTS) is 1. The molecule has 1 aliphatic rings. The van der Waals surface area contributed by atoms with E-state index in [1.54, 1.807) is 6.07 Å². The molecule has 0 amide bonds. The molecule has 1 saturated heterocycles. The summed E-state index contributed by atoms with van der Waals surface area (Å²) in [6.07, 6.45) is 0.181. The van der Waals surface area contributed by atoms with Gasteiger partial charge in [-0.2, -0.15) is 0 Å². The minimum absolute atomic E-state index is 0.167. The average molecular weight is 262 g/mol. The van der Waals surface area contributed by atoms with E-state index in [-0.39, 0.29) is 22.6 Å². The van der Waals surface area contributed by atoms with Crippen LogP contribution in [0.4, 0.5) is 5.69 Å². The van der Waals surface area contributed by atoms with Crippen LogP contribution in [0.15, 0.2) is 6.07 Å². The molecule has 1 aliphatic heterocycles. The number of halogens is 2. The Balaban J connectivity index is 2.01. The highest BCUT2D eigenvalue weighted by Gasteiger charge is 2.30. The number of aromatic nitrogens is 2. The molecule has 2 rings (SSSR count). The summed E-state index contributed by atoms with van der Waals surface area (Å²) < 4.78 is 0. The van der Waals surface area contributed by atoms with Crippen molar-refractivity contribution in [3.05, 3.63) is 16.4 Å². The third-order valence-electron chi connectivity index (χ3n) is 2.46. The smallest absolute Gasteiger partial charge is 0.303 e. The van der Waals surface area contributed by atoms with Gasteiger partial charge in [-0.15, -0.1) is 10.2 Å². The summed E-state index contributed by atoms with van der Waals surface area (Å²) in [5.41, 5.74) is 0.711. The summed E-state index contributed by atoms with van der Waals surface area (Å²) in [5, 5.41) is 16.5. The molecule has 0 aliphatic carbocycles. The van der Waals surface area contributed by atoms with Gasteiger partial charge in [-0.25, -0.2) is 0 Å². The van der Waals surface area contributed by atoms with E-state index >= 15 is 0 Å². The van der Waals surface area contributed by atoms with Gasteiger partial charge in [0.25, 0.3) is 0 Å². The molecule has 1 aromatic rings. The number of hydrogen-bond acceptors (Lipinski definition) is 4. The van der Waals surface area contributed by atoms with Crippen LogP contribution in [0.2, 0.25) is 10.3 Å².